The van der Waals surface area contributed by atoms with E-state index in [-0.39, 0.29) is 18.1 Å². The van der Waals surface area contributed by atoms with Crippen molar-refractivity contribution in [1.82, 2.24) is 0 Å². The van der Waals surface area contributed by atoms with Gasteiger partial charge in [-0.15, -0.1) is 0 Å². The molecule has 8 heteroatoms. The van der Waals surface area contributed by atoms with Crippen molar-refractivity contribution in [1.29, 1.82) is 5.26 Å². The van der Waals surface area contributed by atoms with Crippen molar-refractivity contribution >= 4 is 11.9 Å². The average Bonchev–Trinajstić information content (AvgIpc) is 3.33. The second-order valence-corrected chi connectivity index (χ2v) is 7.89. The summed E-state index contributed by atoms with van der Waals surface area (Å²) in [6.07, 6.45) is -0.722. The molecule has 34 heavy (non-hydrogen) atoms. The summed E-state index contributed by atoms with van der Waals surface area (Å²) in [5.41, 5.74) is 7.92. The number of hydrogen-bond acceptors (Lipinski definition) is 8. The monoisotopic (exact) mass is 456 g/mol. The fourth-order valence-corrected chi connectivity index (χ4v) is 4.42. The lowest BCUT2D eigenvalue weighted by Gasteiger charge is -2.39. The molecule has 8 nitrogen and oxygen atoms in total. The van der Waals surface area contributed by atoms with Gasteiger partial charge < -0.3 is 24.4 Å². The van der Waals surface area contributed by atoms with E-state index in [2.05, 4.69) is 6.07 Å². The number of allylic oxidation sites excluding steroid dienone is 1. The van der Waals surface area contributed by atoms with E-state index < -0.39 is 29.9 Å². The molecular formula is C26H20N2O6. The van der Waals surface area contributed by atoms with E-state index in [4.69, 9.17) is 24.4 Å². The van der Waals surface area contributed by atoms with E-state index in [0.29, 0.717) is 34.0 Å². The molecule has 3 aromatic rings. The number of para-hydroxylation sites is 1. The highest BCUT2D eigenvalue weighted by molar-refractivity contribution is 5.90. The molecule has 3 atom stereocenters. The highest BCUT2D eigenvalue weighted by atomic mass is 16.6. The van der Waals surface area contributed by atoms with Crippen LogP contribution in [0.25, 0.3) is 11.3 Å². The molecule has 170 valence electrons. The van der Waals surface area contributed by atoms with Crippen molar-refractivity contribution in [2.45, 2.75) is 18.9 Å². The van der Waals surface area contributed by atoms with Crippen LogP contribution in [0, 0.1) is 17.2 Å². The summed E-state index contributed by atoms with van der Waals surface area (Å²) in [5, 5.41) is 9.82. The predicted octanol–water partition coefficient (Wildman–Crippen LogP) is 4.21. The molecule has 2 aromatic carbocycles. The van der Waals surface area contributed by atoms with Gasteiger partial charge in [0.05, 0.1) is 18.1 Å². The summed E-state index contributed by atoms with van der Waals surface area (Å²) in [6.45, 7) is 2.01. The smallest absolute Gasteiger partial charge is 0.338 e. The van der Waals surface area contributed by atoms with Gasteiger partial charge in [-0.25, -0.2) is 4.79 Å². The number of benzene rings is 2. The topological polar surface area (TPSA) is 125 Å². The second-order valence-electron chi connectivity index (χ2n) is 7.89. The zero-order valence-corrected chi connectivity index (χ0v) is 18.2. The zero-order valence-electron chi connectivity index (χ0n) is 18.2. The van der Waals surface area contributed by atoms with E-state index in [1.807, 2.05) is 6.07 Å². The number of nitrogens with two attached hydrogens (primary N) is 1. The molecular weight excluding hydrogens is 436 g/mol. The zero-order chi connectivity index (χ0) is 23.8. The van der Waals surface area contributed by atoms with Gasteiger partial charge in [0.2, 0.25) is 0 Å². The Hall–Kier alpha value is -4.51. The van der Waals surface area contributed by atoms with Crippen LogP contribution in [0.3, 0.4) is 0 Å². The molecule has 0 bridgehead atoms. The molecule has 2 aliphatic rings. The maximum Gasteiger partial charge on any atom is 0.338 e. The van der Waals surface area contributed by atoms with Crippen LogP contribution in [0.15, 0.2) is 76.5 Å². The second kappa shape index (κ2) is 8.45. The number of nitriles is 1. The van der Waals surface area contributed by atoms with Gasteiger partial charge in [-0.2, -0.15) is 5.26 Å². The Kier molecular flexibility index (Phi) is 5.30. The first-order valence-electron chi connectivity index (χ1n) is 10.8. The van der Waals surface area contributed by atoms with E-state index in [0.717, 1.165) is 0 Å². The molecule has 0 fully saturated rings. The largest absolute Gasteiger partial charge is 0.469 e. The Bertz CT molecular complexity index is 1370. The van der Waals surface area contributed by atoms with Gasteiger partial charge in [0.1, 0.15) is 40.9 Å². The quantitative estimate of drug-likeness (QED) is 0.457. The molecule has 2 aliphatic heterocycles. The standard InChI is InChI=1S/C26H20N2O6/c1-2-31-25(29)15-7-5-6-14(12-15)18-10-11-20(32-18)21-17(13-27)24(28)34-23-16-8-3-4-9-19(16)33-26(30)22(21)23/h3-12,21-23H,2,28H2,1H3/t21-,22-,23-/m0/s1. The number of hydrogen-bond donors (Lipinski definition) is 1. The van der Waals surface area contributed by atoms with E-state index >= 15 is 0 Å². The fourth-order valence-electron chi connectivity index (χ4n) is 4.42. The summed E-state index contributed by atoms with van der Waals surface area (Å²) in [7, 11) is 0. The molecule has 0 aliphatic carbocycles. The van der Waals surface area contributed by atoms with E-state index in [9.17, 15) is 14.9 Å². The summed E-state index contributed by atoms with van der Waals surface area (Å²) < 4.78 is 22.6. The first-order chi connectivity index (χ1) is 16.5. The minimum Gasteiger partial charge on any atom is -0.469 e. The number of furan rings is 1. The lowest BCUT2D eigenvalue weighted by Crippen LogP contribution is -2.41. The minimum atomic E-state index is -0.860. The molecule has 0 amide bonds. The lowest BCUT2D eigenvalue weighted by molar-refractivity contribution is -0.149. The van der Waals surface area contributed by atoms with Crippen LogP contribution in [0.2, 0.25) is 0 Å². The molecule has 5 rings (SSSR count). The number of fused-ring (bicyclic) bond motifs is 3. The maximum absolute atomic E-state index is 13.0. The Morgan fingerprint density at radius 1 is 1.15 bits per heavy atom. The molecule has 2 N–H and O–H groups in total. The van der Waals surface area contributed by atoms with Gasteiger partial charge in [0, 0.05) is 11.1 Å². The maximum atomic E-state index is 13.0. The fraction of sp³-hybridized carbons (Fsp3) is 0.192. The molecule has 3 heterocycles. The van der Waals surface area contributed by atoms with Crippen LogP contribution >= 0.6 is 0 Å². The SMILES string of the molecule is CCOC(=O)c1cccc(-c2ccc([C@@H]3C(C#N)=C(N)O[C@H]4c5ccccc5OC(=O)[C@H]43)o2)c1. The number of esters is 2. The van der Waals surface area contributed by atoms with Crippen molar-refractivity contribution in [2.24, 2.45) is 11.7 Å². The third-order valence-corrected chi connectivity index (χ3v) is 5.94. The summed E-state index contributed by atoms with van der Waals surface area (Å²) in [5.74, 6) is -1.45. The Balaban J connectivity index is 1.56. The molecule has 1 aromatic heterocycles. The van der Waals surface area contributed by atoms with Crippen LogP contribution < -0.4 is 10.5 Å². The molecule has 0 saturated heterocycles. The van der Waals surface area contributed by atoms with Crippen molar-refractivity contribution in [2.75, 3.05) is 6.61 Å². The first-order valence-corrected chi connectivity index (χ1v) is 10.8. The Morgan fingerprint density at radius 3 is 2.76 bits per heavy atom. The predicted molar refractivity (Wildman–Crippen MR) is 119 cm³/mol. The third-order valence-electron chi connectivity index (χ3n) is 5.94. The Morgan fingerprint density at radius 2 is 1.97 bits per heavy atom. The number of ether oxygens (including phenoxy) is 3. The number of rotatable bonds is 4. The van der Waals surface area contributed by atoms with Crippen LogP contribution in [-0.4, -0.2) is 18.5 Å². The van der Waals surface area contributed by atoms with Gasteiger partial charge in [0.25, 0.3) is 0 Å². The van der Waals surface area contributed by atoms with E-state index in [1.165, 1.54) is 0 Å². The van der Waals surface area contributed by atoms with Crippen molar-refractivity contribution in [3.63, 3.8) is 0 Å². The lowest BCUT2D eigenvalue weighted by atomic mass is 9.76. The van der Waals surface area contributed by atoms with Crippen LogP contribution in [0.4, 0.5) is 0 Å². The third kappa shape index (κ3) is 3.48. The molecule has 0 radical (unpaired) electrons. The van der Waals surface area contributed by atoms with Gasteiger partial charge in [-0.05, 0) is 37.3 Å². The van der Waals surface area contributed by atoms with Crippen LogP contribution in [0.1, 0.15) is 40.6 Å². The van der Waals surface area contributed by atoms with Crippen LogP contribution in [-0.2, 0) is 14.3 Å². The average molecular weight is 456 g/mol. The number of nitrogens with zero attached hydrogens (tertiary/aromatic N) is 1. The van der Waals surface area contributed by atoms with Crippen molar-refractivity contribution < 1.29 is 28.2 Å². The molecule has 0 spiro atoms. The summed E-state index contributed by atoms with van der Waals surface area (Å²) in [6, 6.07) is 19.4. The minimum absolute atomic E-state index is 0.0551. The summed E-state index contributed by atoms with van der Waals surface area (Å²) in [4.78, 5) is 25.2. The van der Waals surface area contributed by atoms with Crippen LogP contribution in [0.5, 0.6) is 5.75 Å². The molecule has 0 saturated carbocycles. The Labute approximate surface area is 195 Å². The van der Waals surface area contributed by atoms with Gasteiger partial charge >= 0.3 is 11.9 Å². The van der Waals surface area contributed by atoms with Gasteiger partial charge in [-0.3, -0.25) is 4.79 Å². The van der Waals surface area contributed by atoms with Gasteiger partial charge in [0.15, 0.2) is 5.88 Å². The van der Waals surface area contributed by atoms with Crippen molar-refractivity contribution in [3.05, 3.63) is 89.0 Å². The normalized spacial score (nSPS) is 20.9. The summed E-state index contributed by atoms with van der Waals surface area (Å²) >= 11 is 0. The first kappa shape index (κ1) is 21.3. The highest BCUT2D eigenvalue weighted by Crippen LogP contribution is 2.51. The number of carbonyl (C=O) groups excluding carboxylic acids is 2. The molecule has 0 unspecified atom stereocenters. The van der Waals surface area contributed by atoms with E-state index in [1.54, 1.807) is 61.5 Å². The van der Waals surface area contributed by atoms with Crippen molar-refractivity contribution in [3.8, 4) is 23.1 Å². The highest BCUT2D eigenvalue weighted by Gasteiger charge is 2.51. The van der Waals surface area contributed by atoms with Gasteiger partial charge in [-0.1, -0.05) is 30.3 Å². The number of carbonyl (C=O) groups is 2.